The molecule has 234 valence electrons. The first kappa shape index (κ1) is 31.8. The van der Waals surface area contributed by atoms with Gasteiger partial charge in [-0.15, -0.1) is 0 Å². The van der Waals surface area contributed by atoms with Gasteiger partial charge in [-0.3, -0.25) is 9.52 Å². The minimum absolute atomic E-state index is 0.0544. The molecule has 4 N–H and O–H groups in total. The highest BCUT2D eigenvalue weighted by Crippen LogP contribution is 2.25. The molecule has 0 heterocycles. The number of carboxylic acid groups (broad SMARTS) is 1. The fourth-order valence-electron chi connectivity index (χ4n) is 4.93. The SMILES string of the molecule is Cc1cc(NC(=O)c2cccc(-c3ccc(O)cc3)c2)ccc1OCCc1cccc(NS(=O)(=O)Cc2ccccc2C(=O)O)c1. The molecule has 0 unspecified atom stereocenters. The summed E-state index contributed by atoms with van der Waals surface area (Å²) in [6.45, 7) is 2.22. The molecule has 0 aliphatic rings. The number of anilines is 2. The summed E-state index contributed by atoms with van der Waals surface area (Å²) >= 11 is 0. The second kappa shape index (κ2) is 14.0. The molecule has 0 fully saturated rings. The average molecular weight is 637 g/mol. The van der Waals surface area contributed by atoms with E-state index in [9.17, 15) is 28.2 Å². The summed E-state index contributed by atoms with van der Waals surface area (Å²) in [7, 11) is -3.86. The molecule has 0 bridgehead atoms. The Bertz CT molecular complexity index is 1990. The van der Waals surface area contributed by atoms with Gasteiger partial charge < -0.3 is 20.3 Å². The molecule has 9 nitrogen and oxygen atoms in total. The molecule has 0 saturated carbocycles. The van der Waals surface area contributed by atoms with Crippen molar-refractivity contribution in [3.63, 3.8) is 0 Å². The van der Waals surface area contributed by atoms with E-state index in [-0.39, 0.29) is 22.8 Å². The number of phenols is 1. The lowest BCUT2D eigenvalue weighted by atomic mass is 10.0. The zero-order valence-electron chi connectivity index (χ0n) is 24.9. The zero-order valence-corrected chi connectivity index (χ0v) is 25.8. The molecule has 5 rings (SSSR count). The normalized spacial score (nSPS) is 11.1. The van der Waals surface area contributed by atoms with Crippen molar-refractivity contribution in [3.05, 3.63) is 143 Å². The molecule has 0 atom stereocenters. The first-order valence-electron chi connectivity index (χ1n) is 14.4. The van der Waals surface area contributed by atoms with E-state index in [1.165, 1.54) is 12.1 Å². The van der Waals surface area contributed by atoms with Gasteiger partial charge in [-0.05, 0) is 95.4 Å². The highest BCUT2D eigenvalue weighted by molar-refractivity contribution is 7.91. The van der Waals surface area contributed by atoms with Gasteiger partial charge in [0.2, 0.25) is 10.0 Å². The molecular formula is C36H32N2O7S. The maximum atomic E-state index is 13.0. The van der Waals surface area contributed by atoms with Crippen LogP contribution in [0.5, 0.6) is 11.5 Å². The summed E-state index contributed by atoms with van der Waals surface area (Å²) in [5, 5.41) is 21.8. The Morgan fingerprint density at radius 1 is 0.783 bits per heavy atom. The number of sulfonamides is 1. The first-order valence-corrected chi connectivity index (χ1v) is 16.1. The fraction of sp³-hybridized carbons (Fsp3) is 0.111. The second-order valence-corrected chi connectivity index (χ2v) is 12.4. The van der Waals surface area contributed by atoms with Gasteiger partial charge in [0.05, 0.1) is 17.9 Å². The second-order valence-electron chi connectivity index (χ2n) is 10.7. The number of rotatable bonds is 12. The van der Waals surface area contributed by atoms with Crippen LogP contribution in [0.15, 0.2) is 115 Å². The van der Waals surface area contributed by atoms with Gasteiger partial charge in [0.15, 0.2) is 0 Å². The highest BCUT2D eigenvalue weighted by Gasteiger charge is 2.17. The molecule has 0 aromatic heterocycles. The first-order chi connectivity index (χ1) is 22.1. The molecule has 5 aromatic rings. The number of aromatic carboxylic acids is 1. The van der Waals surface area contributed by atoms with Gasteiger partial charge in [0, 0.05) is 23.4 Å². The summed E-state index contributed by atoms with van der Waals surface area (Å²) in [6.07, 6.45) is 0.507. The van der Waals surface area contributed by atoms with Crippen molar-refractivity contribution in [1.29, 1.82) is 0 Å². The lowest BCUT2D eigenvalue weighted by Gasteiger charge is -2.13. The van der Waals surface area contributed by atoms with Crippen molar-refractivity contribution in [2.24, 2.45) is 0 Å². The summed E-state index contributed by atoms with van der Waals surface area (Å²) in [4.78, 5) is 24.4. The third-order valence-electron chi connectivity index (χ3n) is 7.20. The van der Waals surface area contributed by atoms with Gasteiger partial charge in [-0.25, -0.2) is 13.2 Å². The standard InChI is InChI=1S/C36H32N2O7S/c1-24-20-30(37-35(40)28-9-5-8-27(22-28)26-12-15-32(39)16-13-26)14-17-34(24)45-19-18-25-6-4-10-31(21-25)38-46(43,44)23-29-7-2-3-11-33(29)36(41)42/h2-17,20-22,38-39H,18-19,23H2,1H3,(H,37,40)(H,41,42). The maximum absolute atomic E-state index is 13.0. The van der Waals surface area contributed by atoms with Crippen LogP contribution in [-0.4, -0.2) is 37.1 Å². The third kappa shape index (κ3) is 8.30. The molecule has 0 aliphatic carbocycles. The number of ether oxygens (including phenoxy) is 1. The largest absolute Gasteiger partial charge is 0.508 e. The van der Waals surface area contributed by atoms with Gasteiger partial charge in [-0.2, -0.15) is 0 Å². The summed E-state index contributed by atoms with van der Waals surface area (Å²) < 4.78 is 34.1. The number of hydrogen-bond donors (Lipinski definition) is 4. The number of carboxylic acids is 1. The van der Waals surface area contributed by atoms with Crippen LogP contribution in [-0.2, 0) is 22.2 Å². The fourth-order valence-corrected chi connectivity index (χ4v) is 6.15. The number of carbonyl (C=O) groups excluding carboxylic acids is 1. The molecule has 10 heteroatoms. The van der Waals surface area contributed by atoms with E-state index in [1.807, 2.05) is 31.2 Å². The van der Waals surface area contributed by atoms with Crippen LogP contribution >= 0.6 is 0 Å². The van der Waals surface area contributed by atoms with Crippen LogP contribution in [0.1, 0.15) is 37.4 Å². The van der Waals surface area contributed by atoms with Crippen molar-refractivity contribution in [2.45, 2.75) is 19.1 Å². The van der Waals surface area contributed by atoms with Crippen LogP contribution in [0.2, 0.25) is 0 Å². The topological polar surface area (TPSA) is 142 Å². The summed E-state index contributed by atoms with van der Waals surface area (Å²) in [6, 6.07) is 32.4. The molecule has 46 heavy (non-hydrogen) atoms. The number of benzene rings is 5. The van der Waals surface area contributed by atoms with Crippen LogP contribution < -0.4 is 14.8 Å². The number of phenolic OH excluding ortho intramolecular Hbond substituents is 1. The lowest BCUT2D eigenvalue weighted by Crippen LogP contribution is -2.17. The third-order valence-corrected chi connectivity index (χ3v) is 8.44. The predicted octanol–water partition coefficient (Wildman–Crippen LogP) is 6.88. The van der Waals surface area contributed by atoms with E-state index >= 15 is 0 Å². The minimum Gasteiger partial charge on any atom is -0.508 e. The highest BCUT2D eigenvalue weighted by atomic mass is 32.2. The number of aryl methyl sites for hydroxylation is 1. The van der Waals surface area contributed by atoms with Crippen LogP contribution in [0.25, 0.3) is 11.1 Å². The van der Waals surface area contributed by atoms with E-state index in [4.69, 9.17) is 4.74 Å². The van der Waals surface area contributed by atoms with Crippen molar-refractivity contribution < 1.29 is 33.0 Å². The van der Waals surface area contributed by atoms with E-state index in [1.54, 1.807) is 78.9 Å². The van der Waals surface area contributed by atoms with Crippen LogP contribution in [0.3, 0.4) is 0 Å². The average Bonchev–Trinajstić information content (AvgIpc) is 3.02. The molecule has 1 amide bonds. The number of carbonyl (C=O) groups is 2. The predicted molar refractivity (Wildman–Crippen MR) is 178 cm³/mol. The smallest absolute Gasteiger partial charge is 0.335 e. The van der Waals surface area contributed by atoms with Crippen molar-refractivity contribution in [2.75, 3.05) is 16.6 Å². The Morgan fingerprint density at radius 3 is 2.30 bits per heavy atom. The summed E-state index contributed by atoms with van der Waals surface area (Å²) in [5.41, 5.74) is 5.06. The van der Waals surface area contributed by atoms with E-state index in [2.05, 4.69) is 10.0 Å². The Hall–Kier alpha value is -5.61. The number of hydrogen-bond acceptors (Lipinski definition) is 6. The summed E-state index contributed by atoms with van der Waals surface area (Å²) in [5.74, 6) is -1.08. The van der Waals surface area contributed by atoms with E-state index < -0.39 is 21.7 Å². The molecule has 0 aliphatic heterocycles. The quantitative estimate of drug-likeness (QED) is 0.117. The lowest BCUT2D eigenvalue weighted by molar-refractivity contribution is 0.0695. The Balaban J connectivity index is 1.16. The number of aromatic hydroxyl groups is 1. The zero-order chi connectivity index (χ0) is 32.7. The molecule has 0 radical (unpaired) electrons. The van der Waals surface area contributed by atoms with Crippen molar-refractivity contribution in [3.8, 4) is 22.6 Å². The maximum Gasteiger partial charge on any atom is 0.335 e. The number of nitrogens with one attached hydrogen (secondary N) is 2. The molecular weight excluding hydrogens is 604 g/mol. The van der Waals surface area contributed by atoms with Crippen LogP contribution in [0.4, 0.5) is 11.4 Å². The van der Waals surface area contributed by atoms with Crippen molar-refractivity contribution in [1.82, 2.24) is 0 Å². The Labute approximate surface area is 267 Å². The monoisotopic (exact) mass is 636 g/mol. The Morgan fingerprint density at radius 2 is 1.54 bits per heavy atom. The van der Waals surface area contributed by atoms with Gasteiger partial charge in [0.1, 0.15) is 11.5 Å². The molecule has 0 spiro atoms. The number of amides is 1. The van der Waals surface area contributed by atoms with Gasteiger partial charge in [-0.1, -0.05) is 54.6 Å². The minimum atomic E-state index is -3.86. The van der Waals surface area contributed by atoms with E-state index in [0.717, 1.165) is 22.3 Å². The molecule has 0 saturated heterocycles. The molecule has 5 aromatic carbocycles. The Kier molecular flexibility index (Phi) is 9.68. The van der Waals surface area contributed by atoms with Crippen molar-refractivity contribution >= 4 is 33.3 Å². The van der Waals surface area contributed by atoms with Crippen LogP contribution in [0, 0.1) is 6.92 Å². The van der Waals surface area contributed by atoms with Gasteiger partial charge >= 0.3 is 5.97 Å². The van der Waals surface area contributed by atoms with Gasteiger partial charge in [0.25, 0.3) is 5.91 Å². The van der Waals surface area contributed by atoms with E-state index in [0.29, 0.717) is 35.7 Å².